The highest BCUT2D eigenvalue weighted by molar-refractivity contribution is 6.11. The summed E-state index contributed by atoms with van der Waals surface area (Å²) in [5.74, 6) is 0. The van der Waals surface area contributed by atoms with Crippen molar-refractivity contribution in [3.63, 3.8) is 0 Å². The molecule has 40 heavy (non-hydrogen) atoms. The van der Waals surface area contributed by atoms with Crippen LogP contribution in [0.15, 0.2) is 139 Å². The summed E-state index contributed by atoms with van der Waals surface area (Å²) in [5, 5.41) is 4.90. The lowest BCUT2D eigenvalue weighted by Gasteiger charge is -2.14. The van der Waals surface area contributed by atoms with Crippen molar-refractivity contribution in [3.05, 3.63) is 145 Å². The largest absolute Gasteiger partial charge is 0.404 e. The molecule has 0 radical (unpaired) electrons. The van der Waals surface area contributed by atoms with E-state index in [0.29, 0.717) is 0 Å². The number of para-hydroxylation sites is 4. The molecule has 0 atom stereocenters. The molecule has 0 saturated heterocycles. The predicted octanol–water partition coefficient (Wildman–Crippen LogP) is 8.70. The number of aromatic nitrogens is 3. The number of hydrogen-bond acceptors (Lipinski definition) is 2. The van der Waals surface area contributed by atoms with Crippen LogP contribution < -0.4 is 5.73 Å². The number of rotatable bonds is 5. The molecule has 4 nitrogen and oxygen atoms in total. The van der Waals surface area contributed by atoms with Crippen LogP contribution in [-0.2, 0) is 0 Å². The lowest BCUT2D eigenvalue weighted by Crippen LogP contribution is -2.01. The highest BCUT2D eigenvalue weighted by Gasteiger charge is 2.16. The molecule has 0 fully saturated rings. The number of allylic oxidation sites excluding steroid dienone is 4. The Morgan fingerprint density at radius 3 is 1.70 bits per heavy atom. The van der Waals surface area contributed by atoms with Gasteiger partial charge in [-0.15, -0.1) is 0 Å². The molecule has 3 aromatic heterocycles. The van der Waals surface area contributed by atoms with Gasteiger partial charge in [-0.05, 0) is 37.3 Å². The van der Waals surface area contributed by atoms with E-state index < -0.39 is 0 Å². The lowest BCUT2D eigenvalue weighted by molar-refractivity contribution is 1.15. The van der Waals surface area contributed by atoms with E-state index in [4.69, 9.17) is 5.73 Å². The van der Waals surface area contributed by atoms with Crippen molar-refractivity contribution in [1.29, 1.82) is 0 Å². The molecule has 2 N–H and O–H groups in total. The fourth-order valence-corrected chi connectivity index (χ4v) is 5.93. The van der Waals surface area contributed by atoms with Crippen molar-refractivity contribution >= 4 is 55.4 Å². The second kappa shape index (κ2) is 9.75. The first kappa shape index (κ1) is 23.7. The van der Waals surface area contributed by atoms with Crippen molar-refractivity contribution < 1.29 is 0 Å². The van der Waals surface area contributed by atoms with Crippen molar-refractivity contribution in [3.8, 4) is 5.69 Å². The maximum atomic E-state index is 6.30. The minimum Gasteiger partial charge on any atom is -0.404 e. The number of pyridine rings is 1. The zero-order valence-corrected chi connectivity index (χ0v) is 22.2. The Morgan fingerprint density at radius 2 is 1.18 bits per heavy atom. The number of benzene rings is 4. The Kier molecular flexibility index (Phi) is 5.79. The molecule has 0 spiro atoms. The van der Waals surface area contributed by atoms with E-state index in [1.807, 2.05) is 12.4 Å². The van der Waals surface area contributed by atoms with E-state index in [1.165, 1.54) is 32.6 Å². The number of fused-ring (bicyclic) bond motifs is 6. The van der Waals surface area contributed by atoms with Crippen LogP contribution in [0.4, 0.5) is 0 Å². The highest BCUT2D eigenvalue weighted by Crippen LogP contribution is 2.35. The third-order valence-corrected chi connectivity index (χ3v) is 7.66. The van der Waals surface area contributed by atoms with Gasteiger partial charge in [0.15, 0.2) is 0 Å². The van der Waals surface area contributed by atoms with Gasteiger partial charge in [-0.3, -0.25) is 4.98 Å². The van der Waals surface area contributed by atoms with Crippen molar-refractivity contribution in [2.45, 2.75) is 6.92 Å². The molecule has 0 aliphatic carbocycles. The quantitative estimate of drug-likeness (QED) is 0.233. The fourth-order valence-electron chi connectivity index (χ4n) is 5.93. The maximum Gasteiger partial charge on any atom is 0.0565 e. The molecule has 4 aromatic carbocycles. The Bertz CT molecular complexity index is 2030. The fraction of sp³-hybridized carbons (Fsp3) is 0.0278. The summed E-state index contributed by atoms with van der Waals surface area (Å²) >= 11 is 0. The molecule has 0 unspecified atom stereocenters. The number of nitrogens with zero attached hydrogens (tertiary/aromatic N) is 3. The van der Waals surface area contributed by atoms with Gasteiger partial charge >= 0.3 is 0 Å². The second-order valence-electron chi connectivity index (χ2n) is 9.80. The maximum absolute atomic E-state index is 6.30. The minimum atomic E-state index is 0.922. The Balaban J connectivity index is 1.37. The topological polar surface area (TPSA) is 48.8 Å². The van der Waals surface area contributed by atoms with Crippen molar-refractivity contribution in [2.24, 2.45) is 5.73 Å². The smallest absolute Gasteiger partial charge is 0.0565 e. The van der Waals surface area contributed by atoms with Gasteiger partial charge in [0.25, 0.3) is 0 Å². The molecule has 0 aliphatic rings. The Labute approximate surface area is 232 Å². The molecule has 0 bridgehead atoms. The molecule has 7 aromatic rings. The van der Waals surface area contributed by atoms with Crippen molar-refractivity contribution in [1.82, 2.24) is 14.1 Å². The summed E-state index contributed by atoms with van der Waals surface area (Å²) in [6.45, 7) is 2.06. The third-order valence-electron chi connectivity index (χ3n) is 7.66. The standard InChI is InChI=1S/C36H28N4/c1-2-31(39-33-15-7-3-11-27(33)28-12-4-8-16-34(28)39)25(23-37)19-20-26-24-38-22-21-32(26)40-35-17-9-5-13-29(35)30-14-6-10-18-36(30)40/h2-24H,37H2,1H3/b20-19-,25-23-,31-2+. The number of nitrogens with two attached hydrogens (primary N) is 1. The van der Waals surface area contributed by atoms with Crippen LogP contribution in [0.5, 0.6) is 0 Å². The summed E-state index contributed by atoms with van der Waals surface area (Å²) < 4.78 is 4.62. The summed E-state index contributed by atoms with van der Waals surface area (Å²) in [5.41, 5.74) is 15.0. The van der Waals surface area contributed by atoms with Crippen LogP contribution in [0.1, 0.15) is 12.5 Å². The van der Waals surface area contributed by atoms with E-state index in [1.54, 1.807) is 6.20 Å². The summed E-state index contributed by atoms with van der Waals surface area (Å²) in [4.78, 5) is 4.48. The average molecular weight is 517 g/mol. The molecule has 0 saturated carbocycles. The normalized spacial score (nSPS) is 12.9. The molecule has 192 valence electrons. The van der Waals surface area contributed by atoms with Crippen LogP contribution in [0.3, 0.4) is 0 Å². The molecular formula is C36H28N4. The first-order valence-corrected chi connectivity index (χ1v) is 13.5. The molecule has 3 heterocycles. The van der Waals surface area contributed by atoms with E-state index in [9.17, 15) is 0 Å². The van der Waals surface area contributed by atoms with Gasteiger partial charge in [0.1, 0.15) is 0 Å². The average Bonchev–Trinajstić information content (AvgIpc) is 3.53. The van der Waals surface area contributed by atoms with Crippen LogP contribution in [0.25, 0.3) is 61.1 Å². The predicted molar refractivity (Wildman–Crippen MR) is 169 cm³/mol. The van der Waals surface area contributed by atoms with Gasteiger partial charge < -0.3 is 14.9 Å². The number of hydrogen-bond donors (Lipinski definition) is 1. The molecule has 7 rings (SSSR count). The van der Waals surface area contributed by atoms with Gasteiger partial charge in [-0.1, -0.05) is 91.0 Å². The highest BCUT2D eigenvalue weighted by atomic mass is 15.0. The Morgan fingerprint density at radius 1 is 0.675 bits per heavy atom. The molecule has 0 amide bonds. The van der Waals surface area contributed by atoms with Crippen LogP contribution in [0.2, 0.25) is 0 Å². The van der Waals surface area contributed by atoms with Crippen LogP contribution in [0, 0.1) is 0 Å². The monoisotopic (exact) mass is 516 g/mol. The van der Waals surface area contributed by atoms with Gasteiger partial charge in [0.2, 0.25) is 0 Å². The first-order valence-electron chi connectivity index (χ1n) is 13.5. The van der Waals surface area contributed by atoms with E-state index >= 15 is 0 Å². The van der Waals surface area contributed by atoms with E-state index in [0.717, 1.165) is 33.6 Å². The lowest BCUT2D eigenvalue weighted by atomic mass is 10.1. The van der Waals surface area contributed by atoms with Crippen LogP contribution >= 0.6 is 0 Å². The summed E-state index contributed by atoms with van der Waals surface area (Å²) in [6, 6.07) is 36.2. The Hall–Kier alpha value is -5.35. The zero-order chi connectivity index (χ0) is 27.1. The van der Waals surface area contributed by atoms with Gasteiger partial charge in [-0.2, -0.15) is 0 Å². The van der Waals surface area contributed by atoms with Crippen molar-refractivity contribution in [2.75, 3.05) is 0 Å². The van der Waals surface area contributed by atoms with Gasteiger partial charge in [-0.25, -0.2) is 0 Å². The summed E-state index contributed by atoms with van der Waals surface area (Å²) in [6.07, 6.45) is 11.8. The molecule has 0 aliphatic heterocycles. The van der Waals surface area contributed by atoms with Gasteiger partial charge in [0.05, 0.1) is 33.5 Å². The summed E-state index contributed by atoms with van der Waals surface area (Å²) in [7, 11) is 0. The molecular weight excluding hydrogens is 488 g/mol. The van der Waals surface area contributed by atoms with Gasteiger partial charge in [0, 0.05) is 51.3 Å². The minimum absolute atomic E-state index is 0.922. The van der Waals surface area contributed by atoms with E-state index in [-0.39, 0.29) is 0 Å². The molecule has 4 heteroatoms. The third kappa shape index (κ3) is 3.65. The zero-order valence-electron chi connectivity index (χ0n) is 22.2. The second-order valence-corrected chi connectivity index (χ2v) is 9.80. The first-order chi connectivity index (χ1) is 19.8. The SMILES string of the molecule is C\C=C(C(/C=C\c1cnccc1-n1c2ccccc2c2ccccc21)=C\N)\n1c2ccccc2c2ccccc21. The van der Waals surface area contributed by atoms with Crippen LogP contribution in [-0.4, -0.2) is 14.1 Å². The van der Waals surface area contributed by atoms with E-state index in [2.05, 4.69) is 142 Å².